The van der Waals surface area contributed by atoms with Crippen LogP contribution in [0.25, 0.3) is 0 Å². The van der Waals surface area contributed by atoms with E-state index in [1.807, 2.05) is 20.0 Å². The van der Waals surface area contributed by atoms with Crippen LogP contribution in [0.2, 0.25) is 0 Å². The van der Waals surface area contributed by atoms with Gasteiger partial charge in [0.05, 0.1) is 5.56 Å². The number of halogens is 1. The van der Waals surface area contributed by atoms with Gasteiger partial charge < -0.3 is 9.88 Å². The number of aromatic nitrogens is 1. The van der Waals surface area contributed by atoms with Gasteiger partial charge in [0.1, 0.15) is 16.8 Å². The molecule has 2 rings (SSSR count). The molecule has 0 aliphatic heterocycles. The summed E-state index contributed by atoms with van der Waals surface area (Å²) >= 11 is 4.76. The van der Waals surface area contributed by atoms with E-state index in [1.54, 1.807) is 17.7 Å². The Balaban J connectivity index is 2.32. The molecule has 0 unspecified atom stereocenters. The molecular formula is C13H12BrN3OS. The minimum Gasteiger partial charge on any atom is -0.345 e. The largest absolute Gasteiger partial charge is 0.345 e. The average Bonchev–Trinajstić information content (AvgIpc) is 2.80. The lowest BCUT2D eigenvalue weighted by molar-refractivity contribution is 0.101. The van der Waals surface area contributed by atoms with Crippen molar-refractivity contribution in [2.45, 2.75) is 13.8 Å². The van der Waals surface area contributed by atoms with Gasteiger partial charge in [0.25, 0.3) is 5.91 Å². The van der Waals surface area contributed by atoms with Gasteiger partial charge >= 0.3 is 0 Å². The normalized spacial score (nSPS) is 10.3. The number of carbonyl (C=O) groups excluding carboxylic acids is 1. The van der Waals surface area contributed by atoms with Crippen LogP contribution in [-0.2, 0) is 7.05 Å². The molecule has 0 aliphatic rings. The number of nitriles is 1. The van der Waals surface area contributed by atoms with Crippen molar-refractivity contribution in [2.75, 3.05) is 5.32 Å². The molecule has 0 atom stereocenters. The first kappa shape index (κ1) is 13.8. The highest BCUT2D eigenvalue weighted by atomic mass is 79.9. The maximum absolute atomic E-state index is 12.2. The molecule has 19 heavy (non-hydrogen) atoms. The first-order valence-corrected chi connectivity index (χ1v) is 7.18. The highest BCUT2D eigenvalue weighted by Gasteiger charge is 2.17. The van der Waals surface area contributed by atoms with Crippen LogP contribution in [0, 0.1) is 25.2 Å². The van der Waals surface area contributed by atoms with Crippen LogP contribution in [0.3, 0.4) is 0 Å². The number of anilines is 1. The predicted molar refractivity (Wildman–Crippen MR) is 79.6 cm³/mol. The molecule has 0 fully saturated rings. The number of amides is 1. The molecule has 0 saturated carbocycles. The van der Waals surface area contributed by atoms with Crippen molar-refractivity contribution in [2.24, 2.45) is 7.05 Å². The molecule has 2 aromatic heterocycles. The number of hydrogen-bond acceptors (Lipinski definition) is 3. The summed E-state index contributed by atoms with van der Waals surface area (Å²) in [6.07, 6.45) is 1.81. The van der Waals surface area contributed by atoms with Gasteiger partial charge in [-0.05, 0) is 41.4 Å². The van der Waals surface area contributed by atoms with E-state index in [-0.39, 0.29) is 5.91 Å². The Morgan fingerprint density at radius 2 is 2.21 bits per heavy atom. The number of hydrogen-bond donors (Lipinski definition) is 1. The second-order valence-corrected chi connectivity index (χ2v) is 6.35. The van der Waals surface area contributed by atoms with Crippen LogP contribution >= 0.6 is 27.3 Å². The van der Waals surface area contributed by atoms with Crippen LogP contribution in [0.4, 0.5) is 5.00 Å². The van der Waals surface area contributed by atoms with E-state index in [4.69, 9.17) is 5.26 Å². The van der Waals surface area contributed by atoms with Crippen LogP contribution in [0.1, 0.15) is 26.5 Å². The topological polar surface area (TPSA) is 57.8 Å². The Hall–Kier alpha value is -1.58. The smallest absolute Gasteiger partial charge is 0.272 e. The van der Waals surface area contributed by atoms with Gasteiger partial charge in [0, 0.05) is 22.6 Å². The first-order valence-electron chi connectivity index (χ1n) is 5.57. The van der Waals surface area contributed by atoms with E-state index in [0.29, 0.717) is 16.3 Å². The Bertz CT molecular complexity index is 694. The molecule has 6 heteroatoms. The van der Waals surface area contributed by atoms with Crippen LogP contribution < -0.4 is 5.32 Å². The zero-order chi connectivity index (χ0) is 14.2. The van der Waals surface area contributed by atoms with Crippen LogP contribution in [-0.4, -0.2) is 10.5 Å². The molecule has 0 spiro atoms. The summed E-state index contributed by atoms with van der Waals surface area (Å²) in [4.78, 5) is 13.2. The Morgan fingerprint density at radius 1 is 1.53 bits per heavy atom. The van der Waals surface area contributed by atoms with Crippen LogP contribution in [0.5, 0.6) is 0 Å². The Morgan fingerprint density at radius 3 is 2.74 bits per heavy atom. The lowest BCUT2D eigenvalue weighted by atomic mass is 10.2. The molecule has 4 nitrogen and oxygen atoms in total. The molecule has 1 amide bonds. The lowest BCUT2D eigenvalue weighted by Crippen LogP contribution is -2.15. The summed E-state index contributed by atoms with van der Waals surface area (Å²) in [6, 6.07) is 3.89. The quantitative estimate of drug-likeness (QED) is 0.910. The Labute approximate surface area is 123 Å². The van der Waals surface area contributed by atoms with Crippen molar-refractivity contribution in [1.29, 1.82) is 5.26 Å². The predicted octanol–water partition coefficient (Wildman–Crippen LogP) is 3.59. The first-order chi connectivity index (χ1) is 8.93. The van der Waals surface area contributed by atoms with Crippen molar-refractivity contribution >= 4 is 38.2 Å². The summed E-state index contributed by atoms with van der Waals surface area (Å²) in [7, 11) is 1.80. The van der Waals surface area contributed by atoms with Crippen molar-refractivity contribution in [3.63, 3.8) is 0 Å². The molecule has 1 N–H and O–H groups in total. The fraction of sp³-hybridized carbons (Fsp3) is 0.231. The standard InChI is InChI=1S/C13H12BrN3OS/c1-7-8(2)19-13(10(7)5-15)16-12(18)11-4-9(14)6-17(11)3/h4,6H,1-3H3,(H,16,18). The van der Waals surface area contributed by atoms with E-state index < -0.39 is 0 Å². The molecule has 0 aromatic carbocycles. The molecule has 0 aliphatic carbocycles. The summed E-state index contributed by atoms with van der Waals surface area (Å²) in [5.74, 6) is -0.217. The third-order valence-electron chi connectivity index (χ3n) is 2.93. The van der Waals surface area contributed by atoms with Gasteiger partial charge in [-0.25, -0.2) is 0 Å². The third-order valence-corrected chi connectivity index (χ3v) is 4.48. The highest BCUT2D eigenvalue weighted by molar-refractivity contribution is 9.10. The van der Waals surface area contributed by atoms with E-state index in [9.17, 15) is 4.79 Å². The number of nitrogens with one attached hydrogen (secondary N) is 1. The number of nitrogens with zero attached hydrogens (tertiary/aromatic N) is 2. The lowest BCUT2D eigenvalue weighted by Gasteiger charge is -2.04. The molecule has 0 bridgehead atoms. The molecule has 0 radical (unpaired) electrons. The van der Waals surface area contributed by atoms with Gasteiger partial charge in [-0.15, -0.1) is 11.3 Å². The summed E-state index contributed by atoms with van der Waals surface area (Å²) < 4.78 is 2.58. The van der Waals surface area contributed by atoms with Crippen LogP contribution in [0.15, 0.2) is 16.7 Å². The minimum absolute atomic E-state index is 0.217. The summed E-state index contributed by atoms with van der Waals surface area (Å²) in [5, 5.41) is 12.6. The molecule has 2 aromatic rings. The van der Waals surface area contributed by atoms with Gasteiger partial charge in [-0.1, -0.05) is 0 Å². The monoisotopic (exact) mass is 337 g/mol. The maximum atomic E-state index is 12.2. The molecule has 2 heterocycles. The second kappa shape index (κ2) is 5.19. The molecule has 0 saturated heterocycles. The van der Waals surface area contributed by atoms with E-state index in [2.05, 4.69) is 27.3 Å². The SMILES string of the molecule is Cc1sc(NC(=O)c2cc(Br)cn2C)c(C#N)c1C. The Kier molecular flexibility index (Phi) is 3.78. The summed E-state index contributed by atoms with van der Waals surface area (Å²) in [6.45, 7) is 3.83. The number of thiophene rings is 1. The van der Waals surface area contributed by atoms with E-state index in [0.717, 1.165) is 14.9 Å². The minimum atomic E-state index is -0.217. The zero-order valence-electron chi connectivity index (χ0n) is 10.7. The second-order valence-electron chi connectivity index (χ2n) is 4.21. The van der Waals surface area contributed by atoms with Crippen molar-refractivity contribution in [3.8, 4) is 6.07 Å². The number of carbonyl (C=O) groups is 1. The van der Waals surface area contributed by atoms with Gasteiger partial charge in [-0.2, -0.15) is 5.26 Å². The number of rotatable bonds is 2. The van der Waals surface area contributed by atoms with E-state index in [1.165, 1.54) is 11.3 Å². The maximum Gasteiger partial charge on any atom is 0.272 e. The molecular weight excluding hydrogens is 326 g/mol. The van der Waals surface area contributed by atoms with Crippen molar-refractivity contribution in [1.82, 2.24) is 4.57 Å². The van der Waals surface area contributed by atoms with Gasteiger partial charge in [0.2, 0.25) is 0 Å². The summed E-state index contributed by atoms with van der Waals surface area (Å²) in [5.41, 5.74) is 2.01. The van der Waals surface area contributed by atoms with E-state index >= 15 is 0 Å². The fourth-order valence-electron chi connectivity index (χ4n) is 1.77. The third kappa shape index (κ3) is 2.57. The highest BCUT2D eigenvalue weighted by Crippen LogP contribution is 2.32. The van der Waals surface area contributed by atoms with Gasteiger partial charge in [0.15, 0.2) is 0 Å². The van der Waals surface area contributed by atoms with Gasteiger partial charge in [-0.3, -0.25) is 4.79 Å². The zero-order valence-corrected chi connectivity index (χ0v) is 13.1. The van der Waals surface area contributed by atoms with Crippen molar-refractivity contribution in [3.05, 3.63) is 38.4 Å². The molecule has 98 valence electrons. The fourth-order valence-corrected chi connectivity index (χ4v) is 3.30. The van der Waals surface area contributed by atoms with Crippen molar-refractivity contribution < 1.29 is 4.79 Å². The average molecular weight is 338 g/mol. The number of aryl methyl sites for hydroxylation is 2.